The van der Waals surface area contributed by atoms with Crippen molar-refractivity contribution >= 4 is 28.9 Å². The highest BCUT2D eigenvalue weighted by molar-refractivity contribution is 6.24. The molecule has 6 N–H and O–H groups in total. The van der Waals surface area contributed by atoms with Crippen LogP contribution in [0.3, 0.4) is 0 Å². The van der Waals surface area contributed by atoms with Crippen molar-refractivity contribution in [3.63, 3.8) is 0 Å². The van der Waals surface area contributed by atoms with Gasteiger partial charge in [0.05, 0.1) is 18.2 Å². The van der Waals surface area contributed by atoms with Crippen LogP contribution in [-0.2, 0) is 32.1 Å². The van der Waals surface area contributed by atoms with Crippen molar-refractivity contribution in [3.05, 3.63) is 39.7 Å². The van der Waals surface area contributed by atoms with E-state index >= 15 is 0 Å². The molecule has 1 aromatic carbocycles. The Morgan fingerprint density at radius 3 is 2.48 bits per heavy atom. The summed E-state index contributed by atoms with van der Waals surface area (Å²) in [6.45, 7) is 2.03. The number of aromatic hydroxyl groups is 1. The van der Waals surface area contributed by atoms with Crippen molar-refractivity contribution in [1.29, 1.82) is 0 Å². The number of Topliss-reactive ketones (excluding diaryl/α,β-unsaturated/α-hetero) is 2. The molecule has 5 rings (SSSR count). The van der Waals surface area contributed by atoms with E-state index in [0.717, 1.165) is 30.6 Å². The normalized spacial score (nSPS) is 29.6. The number of rotatable bonds is 7. The highest BCUT2D eigenvalue weighted by atomic mass is 16.5. The number of methoxy groups -OCH3 is 1. The predicted octanol–water partition coefficient (Wildman–Crippen LogP) is 0.641. The SMILES string of the molecule is COC[C@@H]1CCCN1Cc1cc(O)c2c(c1N(C)C)C[C@H]1C[C@H]3[C@H](N(C)C)C(=O)C(C(N)=O)=C(O)[C@@]3(O)C(=O)C1=C2O. The number of primary amides is 1. The predicted molar refractivity (Wildman–Crippen MR) is 154 cm³/mol. The second-order valence-electron chi connectivity index (χ2n) is 12.3. The fourth-order valence-corrected chi connectivity index (χ4v) is 7.75. The minimum Gasteiger partial charge on any atom is -0.508 e. The summed E-state index contributed by atoms with van der Waals surface area (Å²) in [6.07, 6.45) is 2.33. The minimum atomic E-state index is -2.66. The lowest BCUT2D eigenvalue weighted by Crippen LogP contribution is -2.65. The van der Waals surface area contributed by atoms with Gasteiger partial charge < -0.3 is 35.8 Å². The number of carbonyl (C=O) groups is 3. The van der Waals surface area contributed by atoms with E-state index in [1.807, 2.05) is 19.0 Å². The average Bonchev–Trinajstić information content (AvgIpc) is 3.32. The molecular formula is C30H40N4O8. The Bertz CT molecular complexity index is 1420. The fraction of sp³-hybridized carbons (Fsp3) is 0.567. The number of likely N-dealkylation sites (N-methyl/N-ethyl adjacent to an activating group) is 1. The molecule has 0 bridgehead atoms. The van der Waals surface area contributed by atoms with Gasteiger partial charge in [-0.25, -0.2) is 0 Å². The number of hydrogen-bond acceptors (Lipinski definition) is 11. The van der Waals surface area contributed by atoms with Crippen LogP contribution in [0.15, 0.2) is 23.0 Å². The van der Waals surface area contributed by atoms with Gasteiger partial charge in [-0.15, -0.1) is 0 Å². The highest BCUT2D eigenvalue weighted by Crippen LogP contribution is 2.54. The van der Waals surface area contributed by atoms with Crippen LogP contribution >= 0.6 is 0 Å². The molecule has 1 saturated heterocycles. The van der Waals surface area contributed by atoms with E-state index < -0.39 is 58.0 Å². The Kier molecular flexibility index (Phi) is 7.63. The number of carbonyl (C=O) groups excluding carboxylic acids is 3. The Morgan fingerprint density at radius 1 is 1.19 bits per heavy atom. The summed E-state index contributed by atoms with van der Waals surface area (Å²) in [6, 6.07) is 0.722. The topological polar surface area (TPSA) is 177 Å². The third-order valence-electron chi connectivity index (χ3n) is 9.45. The van der Waals surface area contributed by atoms with Crippen molar-refractivity contribution in [2.75, 3.05) is 53.4 Å². The van der Waals surface area contributed by atoms with Crippen molar-refractivity contribution in [1.82, 2.24) is 9.80 Å². The monoisotopic (exact) mass is 584 g/mol. The van der Waals surface area contributed by atoms with Crippen molar-refractivity contribution in [3.8, 4) is 5.75 Å². The molecule has 12 nitrogen and oxygen atoms in total. The Labute approximate surface area is 244 Å². The number of fused-ring (bicyclic) bond motifs is 3. The number of ketones is 2. The number of hydrogen-bond donors (Lipinski definition) is 5. The van der Waals surface area contributed by atoms with Gasteiger partial charge >= 0.3 is 0 Å². The largest absolute Gasteiger partial charge is 0.508 e. The molecule has 0 unspecified atom stereocenters. The summed E-state index contributed by atoms with van der Waals surface area (Å²) in [5.74, 6) is -6.58. The number of aliphatic hydroxyl groups is 3. The summed E-state index contributed by atoms with van der Waals surface area (Å²) in [7, 11) is 8.60. The van der Waals surface area contributed by atoms with Crippen LogP contribution in [0.5, 0.6) is 5.75 Å². The number of nitrogens with two attached hydrogens (primary N) is 1. The van der Waals surface area contributed by atoms with Gasteiger partial charge in [0.15, 0.2) is 11.4 Å². The fourth-order valence-electron chi connectivity index (χ4n) is 7.75. The lowest BCUT2D eigenvalue weighted by atomic mass is 9.57. The first-order valence-corrected chi connectivity index (χ1v) is 14.2. The Balaban J connectivity index is 1.66. The van der Waals surface area contributed by atoms with Crippen LogP contribution in [0.25, 0.3) is 5.76 Å². The standard InChI is InChI=1S/C30H40N4O8/c1-32(2)23-15(12-34-8-6-7-16(34)13-42-5)11-19(35)21-17(23)9-14-10-18-24(33(3)4)26(37)22(29(31)40)28(39)30(18,41)27(38)20(14)25(21)36/h11,14,16,18,24,35-36,39,41H,6-10,12-13H2,1-5H3,(H2,31,40)/t14-,16-,18-,24-,30-/m0/s1. The van der Waals surface area contributed by atoms with Crippen LogP contribution in [0.1, 0.15) is 36.0 Å². The minimum absolute atomic E-state index is 0.0473. The van der Waals surface area contributed by atoms with Gasteiger partial charge in [0, 0.05) is 51.0 Å². The number of aliphatic hydroxyl groups excluding tert-OH is 2. The van der Waals surface area contributed by atoms with Gasteiger partial charge in [-0.3, -0.25) is 24.2 Å². The molecule has 0 aromatic heterocycles. The molecule has 1 aromatic rings. The van der Waals surface area contributed by atoms with E-state index in [0.29, 0.717) is 18.7 Å². The van der Waals surface area contributed by atoms with Crippen LogP contribution in [0.4, 0.5) is 5.69 Å². The maximum atomic E-state index is 14.1. The van der Waals surface area contributed by atoms with Crippen LogP contribution in [0, 0.1) is 11.8 Å². The molecular weight excluding hydrogens is 544 g/mol. The van der Waals surface area contributed by atoms with Crippen LogP contribution in [-0.4, -0.2) is 114 Å². The molecule has 4 aliphatic rings. The lowest BCUT2D eigenvalue weighted by Gasteiger charge is -2.50. The number of phenols is 1. The zero-order chi connectivity index (χ0) is 30.8. The summed E-state index contributed by atoms with van der Waals surface area (Å²) >= 11 is 0. The molecule has 1 saturated carbocycles. The molecule has 228 valence electrons. The van der Waals surface area contributed by atoms with Gasteiger partial charge in [-0.2, -0.15) is 0 Å². The number of anilines is 1. The number of nitrogens with zero attached hydrogens (tertiary/aromatic N) is 3. The summed E-state index contributed by atoms with van der Waals surface area (Å²) in [5.41, 5.74) is 4.17. The molecule has 1 heterocycles. The van der Waals surface area contributed by atoms with Gasteiger partial charge in [0.2, 0.25) is 5.78 Å². The third kappa shape index (κ3) is 4.31. The number of amides is 1. The lowest BCUT2D eigenvalue weighted by molar-refractivity contribution is -0.153. The van der Waals surface area contributed by atoms with E-state index in [4.69, 9.17) is 10.5 Å². The quantitative estimate of drug-likeness (QED) is 0.284. The van der Waals surface area contributed by atoms with E-state index in [9.17, 15) is 34.8 Å². The summed E-state index contributed by atoms with van der Waals surface area (Å²) < 4.78 is 5.41. The Hall–Kier alpha value is -3.45. The maximum Gasteiger partial charge on any atom is 0.255 e. The molecule has 42 heavy (non-hydrogen) atoms. The first-order valence-electron chi connectivity index (χ1n) is 14.2. The second kappa shape index (κ2) is 10.7. The zero-order valence-corrected chi connectivity index (χ0v) is 24.7. The molecule has 1 aliphatic heterocycles. The number of phenolic OH excluding ortho intramolecular Hbond substituents is 1. The summed E-state index contributed by atoms with van der Waals surface area (Å²) in [4.78, 5) is 45.3. The molecule has 2 fully saturated rings. The molecule has 0 spiro atoms. The van der Waals surface area contributed by atoms with Gasteiger partial charge in [0.1, 0.15) is 22.8 Å². The zero-order valence-electron chi connectivity index (χ0n) is 24.7. The van der Waals surface area contributed by atoms with Gasteiger partial charge in [-0.1, -0.05) is 0 Å². The summed E-state index contributed by atoms with van der Waals surface area (Å²) in [5, 5.41) is 45.6. The van der Waals surface area contributed by atoms with E-state index in [2.05, 4.69) is 4.90 Å². The van der Waals surface area contributed by atoms with E-state index in [-0.39, 0.29) is 35.8 Å². The number of ether oxygens (including phenoxy) is 1. The van der Waals surface area contributed by atoms with Crippen LogP contribution in [0.2, 0.25) is 0 Å². The molecule has 5 atom stereocenters. The van der Waals surface area contributed by atoms with Gasteiger partial charge in [0.25, 0.3) is 5.91 Å². The van der Waals surface area contributed by atoms with Crippen molar-refractivity contribution in [2.24, 2.45) is 17.6 Å². The van der Waals surface area contributed by atoms with Crippen molar-refractivity contribution in [2.45, 2.75) is 49.9 Å². The molecule has 3 aliphatic carbocycles. The third-order valence-corrected chi connectivity index (χ3v) is 9.45. The van der Waals surface area contributed by atoms with E-state index in [1.165, 1.54) is 4.90 Å². The smallest absolute Gasteiger partial charge is 0.255 e. The van der Waals surface area contributed by atoms with E-state index in [1.54, 1.807) is 27.3 Å². The highest BCUT2D eigenvalue weighted by Gasteiger charge is 2.64. The average molecular weight is 585 g/mol. The van der Waals surface area contributed by atoms with Gasteiger partial charge in [-0.05, 0) is 69.4 Å². The van der Waals surface area contributed by atoms with Crippen LogP contribution < -0.4 is 10.6 Å². The number of likely N-dealkylation sites (tertiary alicyclic amines) is 1. The first kappa shape index (κ1) is 30.0. The molecule has 12 heteroatoms. The Morgan fingerprint density at radius 2 is 1.88 bits per heavy atom. The second-order valence-corrected chi connectivity index (χ2v) is 12.3. The first-order chi connectivity index (χ1) is 19.7. The molecule has 0 radical (unpaired) electrons. The number of benzene rings is 1. The van der Waals surface area contributed by atoms with Crippen molar-refractivity contribution < 1.29 is 39.5 Å². The maximum absolute atomic E-state index is 14.1. The molecule has 1 amide bonds.